The Labute approximate surface area is 92.5 Å². The third kappa shape index (κ3) is 3.15. The van der Waals surface area contributed by atoms with E-state index in [9.17, 15) is 19.2 Å². The van der Waals surface area contributed by atoms with Crippen LogP contribution in [0.5, 0.6) is 0 Å². The molecule has 2 amide bonds. The van der Waals surface area contributed by atoms with Gasteiger partial charge in [-0.2, -0.15) is 0 Å². The molecule has 16 heavy (non-hydrogen) atoms. The number of amides is 2. The second kappa shape index (κ2) is 5.39. The zero-order valence-corrected chi connectivity index (χ0v) is 9.02. The van der Waals surface area contributed by atoms with Crippen LogP contribution in [0, 0.1) is 0 Å². The van der Waals surface area contributed by atoms with Crippen molar-refractivity contribution in [3.63, 3.8) is 0 Å². The molecule has 0 unspecified atom stereocenters. The maximum absolute atomic E-state index is 11.2. The molecule has 0 aliphatic carbocycles. The molecule has 1 saturated heterocycles. The number of hydroxylamine groups is 2. The molecule has 1 rings (SSSR count). The lowest BCUT2D eigenvalue weighted by Crippen LogP contribution is -2.32. The summed E-state index contributed by atoms with van der Waals surface area (Å²) in [4.78, 5) is 48.8. The highest BCUT2D eigenvalue weighted by Crippen LogP contribution is 2.13. The first-order chi connectivity index (χ1) is 7.54. The summed E-state index contributed by atoms with van der Waals surface area (Å²) in [5, 5.41) is 0.485. The predicted molar refractivity (Wildman–Crippen MR) is 51.7 cm³/mol. The number of Topliss-reactive ketones (excluding diaryl/α,β-unsaturated/α-hetero) is 1. The molecule has 1 fully saturated rings. The predicted octanol–water partition coefficient (Wildman–Crippen LogP) is 0.353. The summed E-state index contributed by atoms with van der Waals surface area (Å²) in [5.74, 6) is -1.82. The van der Waals surface area contributed by atoms with Gasteiger partial charge in [0.25, 0.3) is 11.8 Å². The minimum Gasteiger partial charge on any atom is -0.330 e. The van der Waals surface area contributed by atoms with E-state index in [4.69, 9.17) is 0 Å². The Morgan fingerprint density at radius 1 is 1.19 bits per heavy atom. The van der Waals surface area contributed by atoms with Crippen molar-refractivity contribution in [2.24, 2.45) is 0 Å². The van der Waals surface area contributed by atoms with Crippen molar-refractivity contribution in [2.45, 2.75) is 39.0 Å². The SMILES string of the molecule is CCC(=O)CCC(=O)ON1C(=O)CCC1=O. The van der Waals surface area contributed by atoms with Crippen molar-refractivity contribution in [3.8, 4) is 0 Å². The molecule has 0 aromatic rings. The first-order valence-electron chi connectivity index (χ1n) is 5.13. The van der Waals surface area contributed by atoms with Gasteiger partial charge in [-0.15, -0.1) is 5.06 Å². The second-order valence-corrected chi connectivity index (χ2v) is 3.44. The lowest BCUT2D eigenvalue weighted by Gasteiger charge is -2.11. The van der Waals surface area contributed by atoms with E-state index in [1.54, 1.807) is 6.92 Å². The quantitative estimate of drug-likeness (QED) is 0.633. The zero-order chi connectivity index (χ0) is 12.1. The highest BCUT2D eigenvalue weighted by molar-refractivity contribution is 6.01. The lowest BCUT2D eigenvalue weighted by atomic mass is 10.2. The van der Waals surface area contributed by atoms with Crippen molar-refractivity contribution in [1.29, 1.82) is 0 Å². The Hall–Kier alpha value is -1.72. The summed E-state index contributed by atoms with van der Waals surface area (Å²) in [5.41, 5.74) is 0. The molecule has 1 aliphatic rings. The van der Waals surface area contributed by atoms with Gasteiger partial charge in [0.1, 0.15) is 5.78 Å². The number of imide groups is 1. The van der Waals surface area contributed by atoms with Gasteiger partial charge in [-0.25, -0.2) is 4.79 Å². The second-order valence-electron chi connectivity index (χ2n) is 3.44. The van der Waals surface area contributed by atoms with Gasteiger partial charge in [0.15, 0.2) is 0 Å². The number of nitrogens with zero attached hydrogens (tertiary/aromatic N) is 1. The summed E-state index contributed by atoms with van der Waals surface area (Å²) in [6.07, 6.45) is 0.462. The van der Waals surface area contributed by atoms with Crippen molar-refractivity contribution in [2.75, 3.05) is 0 Å². The van der Waals surface area contributed by atoms with E-state index in [0.717, 1.165) is 0 Å². The fourth-order valence-corrected chi connectivity index (χ4v) is 1.22. The van der Waals surface area contributed by atoms with Gasteiger partial charge in [-0.1, -0.05) is 6.92 Å². The number of hydrogen-bond acceptors (Lipinski definition) is 5. The van der Waals surface area contributed by atoms with Gasteiger partial charge >= 0.3 is 5.97 Å². The lowest BCUT2D eigenvalue weighted by molar-refractivity contribution is -0.197. The Bertz CT molecular complexity index is 320. The number of ketones is 1. The van der Waals surface area contributed by atoms with E-state index in [1.807, 2.05) is 0 Å². The number of carbonyl (C=O) groups excluding carboxylic acids is 4. The standard InChI is InChI=1S/C10H13NO5/c1-2-7(12)3-6-10(15)16-11-8(13)4-5-9(11)14/h2-6H2,1H3. The molecule has 0 aromatic heterocycles. The van der Waals surface area contributed by atoms with Crippen molar-refractivity contribution in [3.05, 3.63) is 0 Å². The topological polar surface area (TPSA) is 80.8 Å². The maximum atomic E-state index is 11.2. The molecule has 0 spiro atoms. The van der Waals surface area contributed by atoms with Gasteiger partial charge in [0.05, 0.1) is 6.42 Å². The van der Waals surface area contributed by atoms with Crippen molar-refractivity contribution >= 4 is 23.6 Å². The van der Waals surface area contributed by atoms with Gasteiger partial charge in [0, 0.05) is 25.7 Å². The number of rotatable bonds is 5. The third-order valence-electron chi connectivity index (χ3n) is 2.20. The van der Waals surface area contributed by atoms with E-state index in [0.29, 0.717) is 11.5 Å². The summed E-state index contributed by atoms with van der Waals surface area (Å²) in [7, 11) is 0. The molecule has 6 nitrogen and oxygen atoms in total. The Morgan fingerprint density at radius 2 is 1.75 bits per heavy atom. The van der Waals surface area contributed by atoms with Crippen LogP contribution in [-0.2, 0) is 24.0 Å². The number of carbonyl (C=O) groups is 4. The minimum atomic E-state index is -0.731. The molecule has 88 valence electrons. The smallest absolute Gasteiger partial charge is 0.330 e. The Balaban J connectivity index is 2.36. The van der Waals surface area contributed by atoms with Gasteiger partial charge in [0.2, 0.25) is 0 Å². The molecule has 6 heteroatoms. The Kier molecular flexibility index (Phi) is 4.16. The fourth-order valence-electron chi connectivity index (χ4n) is 1.22. The molecule has 0 saturated carbocycles. The van der Waals surface area contributed by atoms with Crippen LogP contribution in [-0.4, -0.2) is 28.6 Å². The monoisotopic (exact) mass is 227 g/mol. The van der Waals surface area contributed by atoms with E-state index < -0.39 is 17.8 Å². The summed E-state index contributed by atoms with van der Waals surface area (Å²) in [6, 6.07) is 0. The van der Waals surface area contributed by atoms with Gasteiger partial charge < -0.3 is 4.84 Å². The molecule has 0 aromatic carbocycles. The molecule has 0 N–H and O–H groups in total. The average molecular weight is 227 g/mol. The van der Waals surface area contributed by atoms with Crippen LogP contribution >= 0.6 is 0 Å². The summed E-state index contributed by atoms with van der Waals surface area (Å²) < 4.78 is 0. The zero-order valence-electron chi connectivity index (χ0n) is 9.02. The molecule has 0 bridgehead atoms. The molecule has 0 atom stereocenters. The van der Waals surface area contributed by atoms with Crippen LogP contribution in [0.15, 0.2) is 0 Å². The highest BCUT2D eigenvalue weighted by Gasteiger charge is 2.32. The van der Waals surface area contributed by atoms with E-state index in [2.05, 4.69) is 4.84 Å². The van der Waals surface area contributed by atoms with Crippen LogP contribution in [0.1, 0.15) is 39.0 Å². The Morgan fingerprint density at radius 3 is 2.25 bits per heavy atom. The average Bonchev–Trinajstić information content (AvgIpc) is 2.57. The van der Waals surface area contributed by atoms with Crippen LogP contribution in [0.4, 0.5) is 0 Å². The minimum absolute atomic E-state index is 0.0592. The first kappa shape index (κ1) is 12.4. The normalized spacial score (nSPS) is 15.4. The van der Waals surface area contributed by atoms with Crippen molar-refractivity contribution in [1.82, 2.24) is 5.06 Å². The summed E-state index contributed by atoms with van der Waals surface area (Å²) >= 11 is 0. The van der Waals surface area contributed by atoms with E-state index >= 15 is 0 Å². The molecular weight excluding hydrogens is 214 g/mol. The molecule has 0 radical (unpaired) electrons. The van der Waals surface area contributed by atoms with E-state index in [1.165, 1.54) is 0 Å². The number of hydrogen-bond donors (Lipinski definition) is 0. The summed E-state index contributed by atoms with van der Waals surface area (Å²) in [6.45, 7) is 1.70. The molecule has 1 aliphatic heterocycles. The van der Waals surface area contributed by atoms with Crippen molar-refractivity contribution < 1.29 is 24.0 Å². The van der Waals surface area contributed by atoms with Gasteiger partial charge in [-0.05, 0) is 0 Å². The molecular formula is C10H13NO5. The molecule has 1 heterocycles. The third-order valence-corrected chi connectivity index (χ3v) is 2.20. The van der Waals surface area contributed by atoms with Gasteiger partial charge in [-0.3, -0.25) is 14.4 Å². The van der Waals surface area contributed by atoms with E-state index in [-0.39, 0.29) is 31.5 Å². The van der Waals surface area contributed by atoms with Crippen LogP contribution < -0.4 is 0 Å². The maximum Gasteiger partial charge on any atom is 0.333 e. The fraction of sp³-hybridized carbons (Fsp3) is 0.600. The van der Waals surface area contributed by atoms with Crippen LogP contribution in [0.2, 0.25) is 0 Å². The largest absolute Gasteiger partial charge is 0.333 e. The highest BCUT2D eigenvalue weighted by atomic mass is 16.7. The van der Waals surface area contributed by atoms with Crippen LogP contribution in [0.3, 0.4) is 0 Å². The first-order valence-corrected chi connectivity index (χ1v) is 5.13. The van der Waals surface area contributed by atoms with Crippen LogP contribution in [0.25, 0.3) is 0 Å².